The van der Waals surface area contributed by atoms with E-state index in [1.807, 2.05) is 0 Å². The molecular formula is C13H17ClF3NO2. The number of hydrogen-bond acceptors (Lipinski definition) is 3. The van der Waals surface area contributed by atoms with E-state index in [1.165, 1.54) is 6.07 Å². The van der Waals surface area contributed by atoms with Crippen LogP contribution in [0.2, 0.25) is 0 Å². The smallest absolute Gasteiger partial charge is 0.504 e. The van der Waals surface area contributed by atoms with Crippen molar-refractivity contribution in [3.05, 3.63) is 23.8 Å². The maximum absolute atomic E-state index is 12.2. The van der Waals surface area contributed by atoms with Crippen LogP contribution in [0.4, 0.5) is 13.2 Å². The van der Waals surface area contributed by atoms with Crippen molar-refractivity contribution in [1.29, 1.82) is 0 Å². The molecule has 2 rings (SSSR count). The van der Waals surface area contributed by atoms with Crippen LogP contribution in [0.15, 0.2) is 18.2 Å². The lowest BCUT2D eigenvalue weighted by atomic mass is 9.92. The molecule has 1 saturated carbocycles. The first-order valence-electron chi connectivity index (χ1n) is 6.21. The van der Waals surface area contributed by atoms with E-state index in [0.717, 1.165) is 31.7 Å². The fourth-order valence-electron chi connectivity index (χ4n) is 2.59. The number of nitrogens with two attached hydrogens (primary N) is 1. The van der Waals surface area contributed by atoms with E-state index in [9.17, 15) is 18.3 Å². The molecule has 114 valence electrons. The van der Waals surface area contributed by atoms with Crippen LogP contribution in [0.1, 0.15) is 37.3 Å². The Hall–Kier alpha value is -1.14. The van der Waals surface area contributed by atoms with E-state index in [-0.39, 0.29) is 18.3 Å². The summed E-state index contributed by atoms with van der Waals surface area (Å²) in [5, 5.41) is 9.88. The molecule has 0 aromatic heterocycles. The largest absolute Gasteiger partial charge is 0.573 e. The molecule has 0 aliphatic heterocycles. The third-order valence-corrected chi connectivity index (χ3v) is 3.52. The fourth-order valence-corrected chi connectivity index (χ4v) is 2.59. The number of alkyl halides is 3. The summed E-state index contributed by atoms with van der Waals surface area (Å²) in [7, 11) is 0. The van der Waals surface area contributed by atoms with Crippen LogP contribution in [-0.2, 0) is 0 Å². The molecule has 1 aromatic carbocycles. The zero-order chi connectivity index (χ0) is 14.0. The lowest BCUT2D eigenvalue weighted by Crippen LogP contribution is -2.21. The number of hydrogen-bond donors (Lipinski definition) is 2. The summed E-state index contributed by atoms with van der Waals surface area (Å²) in [4.78, 5) is 0. The minimum Gasteiger partial charge on any atom is -0.504 e. The summed E-state index contributed by atoms with van der Waals surface area (Å²) in [6.07, 6.45) is -0.820. The summed E-state index contributed by atoms with van der Waals surface area (Å²) in [6.45, 7) is 0. The van der Waals surface area contributed by atoms with Crippen molar-refractivity contribution in [3.8, 4) is 11.5 Å². The van der Waals surface area contributed by atoms with Crippen LogP contribution >= 0.6 is 12.4 Å². The SMILES string of the molecule is Cl.N[C@H](c1cccc(OC(F)(F)F)c1O)C1CCCC1. The van der Waals surface area contributed by atoms with E-state index in [2.05, 4.69) is 4.74 Å². The molecule has 1 aliphatic carbocycles. The Morgan fingerprint density at radius 2 is 1.85 bits per heavy atom. The molecule has 7 heteroatoms. The molecule has 0 saturated heterocycles. The Morgan fingerprint density at radius 1 is 1.25 bits per heavy atom. The van der Waals surface area contributed by atoms with Gasteiger partial charge in [0.15, 0.2) is 11.5 Å². The quantitative estimate of drug-likeness (QED) is 0.890. The Labute approximate surface area is 121 Å². The molecule has 1 aromatic rings. The van der Waals surface area contributed by atoms with Gasteiger partial charge >= 0.3 is 6.36 Å². The first-order chi connectivity index (χ1) is 8.88. The average Bonchev–Trinajstić information content (AvgIpc) is 2.83. The highest BCUT2D eigenvalue weighted by Gasteiger charge is 2.33. The predicted octanol–water partition coefficient (Wildman–Crippen LogP) is 3.90. The Balaban J connectivity index is 0.00000200. The molecule has 0 amide bonds. The lowest BCUT2D eigenvalue weighted by molar-refractivity contribution is -0.275. The minimum atomic E-state index is -4.83. The molecule has 0 heterocycles. The highest BCUT2D eigenvalue weighted by atomic mass is 35.5. The van der Waals surface area contributed by atoms with E-state index in [0.29, 0.717) is 5.56 Å². The second-order valence-electron chi connectivity index (χ2n) is 4.81. The fraction of sp³-hybridized carbons (Fsp3) is 0.538. The zero-order valence-corrected chi connectivity index (χ0v) is 11.5. The summed E-state index contributed by atoms with van der Waals surface area (Å²) < 4.78 is 40.4. The van der Waals surface area contributed by atoms with Gasteiger partial charge in [0.05, 0.1) is 0 Å². The Morgan fingerprint density at radius 3 is 2.40 bits per heavy atom. The summed E-state index contributed by atoms with van der Waals surface area (Å²) in [5.74, 6) is -0.912. The van der Waals surface area contributed by atoms with E-state index in [1.54, 1.807) is 6.07 Å². The molecule has 1 atom stereocenters. The molecule has 1 aliphatic rings. The predicted molar refractivity (Wildman–Crippen MR) is 70.9 cm³/mol. The second kappa shape index (κ2) is 6.54. The van der Waals surface area contributed by atoms with Crippen LogP contribution in [0, 0.1) is 5.92 Å². The Bertz CT molecular complexity index is 448. The van der Waals surface area contributed by atoms with Crippen molar-refractivity contribution in [2.75, 3.05) is 0 Å². The van der Waals surface area contributed by atoms with Crippen LogP contribution in [-0.4, -0.2) is 11.5 Å². The molecule has 20 heavy (non-hydrogen) atoms. The Kier molecular flexibility index (Phi) is 5.53. The number of phenolic OH excluding ortho intramolecular Hbond substituents is 1. The normalized spacial score (nSPS) is 17.6. The summed E-state index contributed by atoms with van der Waals surface area (Å²) >= 11 is 0. The van der Waals surface area contributed by atoms with Gasteiger partial charge in [0, 0.05) is 11.6 Å². The van der Waals surface area contributed by atoms with Crippen molar-refractivity contribution < 1.29 is 23.0 Å². The third kappa shape index (κ3) is 3.93. The average molecular weight is 312 g/mol. The van der Waals surface area contributed by atoms with Crippen molar-refractivity contribution in [2.24, 2.45) is 11.7 Å². The molecule has 0 spiro atoms. The summed E-state index contributed by atoms with van der Waals surface area (Å²) in [6, 6.07) is 3.57. The monoisotopic (exact) mass is 311 g/mol. The molecule has 3 nitrogen and oxygen atoms in total. The van der Waals surface area contributed by atoms with Crippen molar-refractivity contribution in [2.45, 2.75) is 38.1 Å². The van der Waals surface area contributed by atoms with Gasteiger partial charge in [0.2, 0.25) is 0 Å². The van der Waals surface area contributed by atoms with Crippen LogP contribution in [0.3, 0.4) is 0 Å². The van der Waals surface area contributed by atoms with Gasteiger partial charge in [-0.1, -0.05) is 25.0 Å². The maximum atomic E-state index is 12.2. The van der Waals surface area contributed by atoms with Crippen LogP contribution < -0.4 is 10.5 Å². The third-order valence-electron chi connectivity index (χ3n) is 3.52. The number of benzene rings is 1. The zero-order valence-electron chi connectivity index (χ0n) is 10.7. The van der Waals surface area contributed by atoms with Gasteiger partial charge in [-0.3, -0.25) is 0 Å². The number of ether oxygens (including phenoxy) is 1. The molecule has 1 fully saturated rings. The van der Waals surface area contributed by atoms with Crippen LogP contribution in [0.25, 0.3) is 0 Å². The first-order valence-corrected chi connectivity index (χ1v) is 6.21. The van der Waals surface area contributed by atoms with Crippen LogP contribution in [0.5, 0.6) is 11.5 Å². The molecular weight excluding hydrogens is 295 g/mol. The van der Waals surface area contributed by atoms with E-state index in [4.69, 9.17) is 5.73 Å². The maximum Gasteiger partial charge on any atom is 0.573 e. The van der Waals surface area contributed by atoms with Gasteiger partial charge in [0.1, 0.15) is 0 Å². The van der Waals surface area contributed by atoms with Crippen molar-refractivity contribution in [1.82, 2.24) is 0 Å². The number of rotatable bonds is 3. The van der Waals surface area contributed by atoms with E-state index < -0.39 is 23.9 Å². The number of para-hydroxylation sites is 1. The van der Waals surface area contributed by atoms with Gasteiger partial charge in [-0.2, -0.15) is 0 Å². The number of aromatic hydroxyl groups is 1. The van der Waals surface area contributed by atoms with Gasteiger partial charge in [-0.25, -0.2) is 0 Å². The topological polar surface area (TPSA) is 55.5 Å². The standard InChI is InChI=1S/C13H16F3NO2.ClH/c14-13(15,16)19-10-7-3-6-9(12(10)18)11(17)8-4-1-2-5-8;/h3,6-8,11,18H,1-2,4-5,17H2;1H/t11-;/m0./s1. The molecule has 0 radical (unpaired) electrons. The minimum absolute atomic E-state index is 0. The first kappa shape index (κ1) is 16.9. The summed E-state index contributed by atoms with van der Waals surface area (Å²) in [5.41, 5.74) is 6.35. The van der Waals surface area contributed by atoms with Crippen molar-refractivity contribution in [3.63, 3.8) is 0 Å². The van der Waals surface area contributed by atoms with Crippen molar-refractivity contribution >= 4 is 12.4 Å². The van der Waals surface area contributed by atoms with Gasteiger partial charge in [-0.15, -0.1) is 25.6 Å². The van der Waals surface area contributed by atoms with Gasteiger partial charge in [0.25, 0.3) is 0 Å². The molecule has 3 N–H and O–H groups in total. The second-order valence-corrected chi connectivity index (χ2v) is 4.81. The highest BCUT2D eigenvalue weighted by Crippen LogP contribution is 2.41. The van der Waals surface area contributed by atoms with Gasteiger partial charge in [-0.05, 0) is 24.8 Å². The number of phenols is 1. The highest BCUT2D eigenvalue weighted by molar-refractivity contribution is 5.85. The van der Waals surface area contributed by atoms with E-state index >= 15 is 0 Å². The number of halogens is 4. The lowest BCUT2D eigenvalue weighted by Gasteiger charge is -2.21. The molecule has 0 unspecified atom stereocenters. The van der Waals surface area contributed by atoms with Gasteiger partial charge < -0.3 is 15.6 Å². The molecule has 0 bridgehead atoms.